The van der Waals surface area contributed by atoms with Crippen molar-refractivity contribution in [3.8, 4) is 0 Å². The van der Waals surface area contributed by atoms with Gasteiger partial charge in [0, 0.05) is 13.1 Å². The molecule has 0 aliphatic heterocycles. The van der Waals surface area contributed by atoms with Gasteiger partial charge in [-0.1, -0.05) is 60.0 Å². The van der Waals surface area contributed by atoms with Gasteiger partial charge in [-0.2, -0.15) is 13.2 Å². The molecule has 226 valence electrons. The van der Waals surface area contributed by atoms with Crippen LogP contribution in [-0.2, 0) is 32.3 Å². The Hall–Kier alpha value is -3.28. The van der Waals surface area contributed by atoms with Crippen molar-refractivity contribution in [3.63, 3.8) is 0 Å². The molecule has 0 spiro atoms. The minimum atomic E-state index is -4.76. The smallest absolute Gasteiger partial charge is 0.354 e. The van der Waals surface area contributed by atoms with Gasteiger partial charge < -0.3 is 10.2 Å². The van der Waals surface area contributed by atoms with Gasteiger partial charge in [-0.3, -0.25) is 13.9 Å². The van der Waals surface area contributed by atoms with Gasteiger partial charge in [-0.15, -0.1) is 0 Å². The fourth-order valence-corrected chi connectivity index (χ4v) is 5.74. The SMILES string of the molecule is CCCNC(=O)[C@@H](C)N(Cc1ccc(Cl)c(Cl)c1)C(=O)CN(c1cccc(C(F)(F)F)c1)S(=O)(=O)c1ccc(C)cc1. The lowest BCUT2D eigenvalue weighted by molar-refractivity contribution is -0.139. The summed E-state index contributed by atoms with van der Waals surface area (Å²) in [6.07, 6.45) is -4.12. The molecule has 0 aliphatic rings. The first-order chi connectivity index (χ1) is 19.6. The third kappa shape index (κ3) is 8.17. The number of carbonyl (C=O) groups excluding carboxylic acids is 2. The van der Waals surface area contributed by atoms with Gasteiger partial charge in [-0.25, -0.2) is 8.42 Å². The van der Waals surface area contributed by atoms with Crippen LogP contribution in [0.15, 0.2) is 71.6 Å². The molecule has 7 nitrogen and oxygen atoms in total. The lowest BCUT2D eigenvalue weighted by Crippen LogP contribution is -2.51. The van der Waals surface area contributed by atoms with E-state index in [0.717, 1.165) is 22.6 Å². The molecular weight excluding hydrogens is 614 g/mol. The number of benzene rings is 3. The van der Waals surface area contributed by atoms with Gasteiger partial charge in [-0.05, 0) is 68.3 Å². The second kappa shape index (κ2) is 13.8. The molecule has 0 saturated heterocycles. The number of alkyl halides is 3. The molecule has 1 atom stereocenters. The van der Waals surface area contributed by atoms with Gasteiger partial charge >= 0.3 is 6.18 Å². The number of halogens is 5. The van der Waals surface area contributed by atoms with E-state index in [2.05, 4.69) is 5.32 Å². The number of hydrogen-bond acceptors (Lipinski definition) is 4. The zero-order valence-electron chi connectivity index (χ0n) is 23.1. The molecule has 2 amide bonds. The van der Waals surface area contributed by atoms with Crippen LogP contribution >= 0.6 is 23.2 Å². The summed E-state index contributed by atoms with van der Waals surface area (Å²) in [5.41, 5.74) is -0.192. The molecule has 42 heavy (non-hydrogen) atoms. The van der Waals surface area contributed by atoms with Crippen LogP contribution in [0.4, 0.5) is 18.9 Å². The summed E-state index contributed by atoms with van der Waals surface area (Å²) in [5, 5.41) is 3.18. The highest BCUT2D eigenvalue weighted by Gasteiger charge is 2.35. The van der Waals surface area contributed by atoms with E-state index in [1.165, 1.54) is 49.4 Å². The number of sulfonamides is 1. The zero-order chi connectivity index (χ0) is 31.2. The van der Waals surface area contributed by atoms with Crippen LogP contribution in [0.25, 0.3) is 0 Å². The second-order valence-electron chi connectivity index (χ2n) is 9.61. The van der Waals surface area contributed by atoms with E-state index in [9.17, 15) is 31.2 Å². The van der Waals surface area contributed by atoms with Crippen LogP contribution in [0.2, 0.25) is 10.0 Å². The molecule has 3 aromatic carbocycles. The Morgan fingerprint density at radius 2 is 1.64 bits per heavy atom. The number of anilines is 1. The molecule has 0 saturated carbocycles. The number of nitrogens with zero attached hydrogens (tertiary/aromatic N) is 2. The number of rotatable bonds is 11. The highest BCUT2D eigenvalue weighted by Crippen LogP contribution is 2.33. The summed E-state index contributed by atoms with van der Waals surface area (Å²) in [6.45, 7) is 4.38. The predicted molar refractivity (Wildman–Crippen MR) is 157 cm³/mol. The van der Waals surface area contributed by atoms with Gasteiger partial charge in [0.1, 0.15) is 12.6 Å². The average Bonchev–Trinajstić information content (AvgIpc) is 2.94. The predicted octanol–water partition coefficient (Wildman–Crippen LogP) is 6.46. The van der Waals surface area contributed by atoms with Gasteiger partial charge in [0.15, 0.2) is 0 Å². The largest absolute Gasteiger partial charge is 0.416 e. The molecule has 0 bridgehead atoms. The van der Waals surface area contributed by atoms with E-state index in [1.54, 1.807) is 13.0 Å². The van der Waals surface area contributed by atoms with E-state index in [1.807, 2.05) is 6.92 Å². The van der Waals surface area contributed by atoms with E-state index >= 15 is 0 Å². The molecule has 0 aromatic heterocycles. The Balaban J connectivity index is 2.09. The first kappa shape index (κ1) is 33.2. The Bertz CT molecular complexity index is 1530. The first-order valence-electron chi connectivity index (χ1n) is 12.9. The quantitative estimate of drug-likeness (QED) is 0.260. The van der Waals surface area contributed by atoms with E-state index in [0.29, 0.717) is 28.9 Å². The molecule has 3 aromatic rings. The monoisotopic (exact) mass is 643 g/mol. The molecule has 1 N–H and O–H groups in total. The van der Waals surface area contributed by atoms with Crippen molar-refractivity contribution in [1.29, 1.82) is 0 Å². The van der Waals surface area contributed by atoms with Crippen LogP contribution in [0, 0.1) is 6.92 Å². The molecule has 0 fully saturated rings. The maximum Gasteiger partial charge on any atom is 0.416 e. The van der Waals surface area contributed by atoms with Crippen LogP contribution in [0.1, 0.15) is 37.0 Å². The van der Waals surface area contributed by atoms with Crippen molar-refractivity contribution in [2.75, 3.05) is 17.4 Å². The number of aryl methyl sites for hydroxylation is 1. The number of amides is 2. The number of hydrogen-bond donors (Lipinski definition) is 1. The summed E-state index contributed by atoms with van der Waals surface area (Å²) in [6, 6.07) is 13.0. The Morgan fingerprint density at radius 3 is 2.24 bits per heavy atom. The summed E-state index contributed by atoms with van der Waals surface area (Å²) >= 11 is 12.2. The lowest BCUT2D eigenvalue weighted by atomic mass is 10.1. The molecule has 0 aliphatic carbocycles. The van der Waals surface area contributed by atoms with Crippen molar-refractivity contribution in [1.82, 2.24) is 10.2 Å². The van der Waals surface area contributed by atoms with Crippen molar-refractivity contribution < 1.29 is 31.2 Å². The van der Waals surface area contributed by atoms with Gasteiger partial charge in [0.25, 0.3) is 10.0 Å². The molecule has 0 radical (unpaired) electrons. The Morgan fingerprint density at radius 1 is 0.976 bits per heavy atom. The van der Waals surface area contributed by atoms with E-state index in [4.69, 9.17) is 23.2 Å². The Labute approximate surface area is 253 Å². The topological polar surface area (TPSA) is 86.8 Å². The molecule has 0 unspecified atom stereocenters. The summed E-state index contributed by atoms with van der Waals surface area (Å²) in [5.74, 6) is -1.31. The van der Waals surface area contributed by atoms with Crippen molar-refractivity contribution in [2.45, 2.75) is 50.9 Å². The first-order valence-corrected chi connectivity index (χ1v) is 15.1. The number of nitrogens with one attached hydrogen (secondary N) is 1. The van der Waals surface area contributed by atoms with Crippen molar-refractivity contribution in [2.24, 2.45) is 0 Å². The van der Waals surface area contributed by atoms with Crippen LogP contribution in [0.3, 0.4) is 0 Å². The molecule has 3 rings (SSSR count). The summed E-state index contributed by atoms with van der Waals surface area (Å²) in [4.78, 5) is 27.7. The maximum atomic E-state index is 13.9. The summed E-state index contributed by atoms with van der Waals surface area (Å²) < 4.78 is 69.0. The zero-order valence-corrected chi connectivity index (χ0v) is 25.4. The van der Waals surface area contributed by atoms with Crippen LogP contribution < -0.4 is 9.62 Å². The van der Waals surface area contributed by atoms with E-state index < -0.39 is 46.2 Å². The van der Waals surface area contributed by atoms with Crippen molar-refractivity contribution >= 4 is 50.7 Å². The fraction of sp³-hybridized carbons (Fsp3) is 0.310. The van der Waals surface area contributed by atoms with Crippen LogP contribution in [0.5, 0.6) is 0 Å². The average molecular weight is 645 g/mol. The van der Waals surface area contributed by atoms with Gasteiger partial charge in [0.2, 0.25) is 11.8 Å². The van der Waals surface area contributed by atoms with E-state index in [-0.39, 0.29) is 27.2 Å². The normalized spacial score (nSPS) is 12.5. The van der Waals surface area contributed by atoms with Crippen molar-refractivity contribution in [3.05, 3.63) is 93.5 Å². The highest BCUT2D eigenvalue weighted by molar-refractivity contribution is 7.92. The second-order valence-corrected chi connectivity index (χ2v) is 12.3. The molecular formula is C29H30Cl2F3N3O4S. The minimum absolute atomic E-state index is 0.155. The standard InChI is InChI=1S/C29H30Cl2F3N3O4S/c1-4-14-35-28(39)20(3)36(17-21-10-13-25(30)26(31)15-21)27(38)18-37(23-7-5-6-22(16-23)29(32,33)34)42(40,41)24-11-8-19(2)9-12-24/h5-13,15-16,20H,4,14,17-18H2,1-3H3,(H,35,39)/t20-/m1/s1. The number of carbonyl (C=O) groups is 2. The van der Waals surface area contributed by atoms with Gasteiger partial charge in [0.05, 0.1) is 26.2 Å². The Kier molecular flexibility index (Phi) is 10.9. The minimum Gasteiger partial charge on any atom is -0.354 e. The van der Waals surface area contributed by atoms with Crippen LogP contribution in [-0.4, -0.2) is 44.3 Å². The lowest BCUT2D eigenvalue weighted by Gasteiger charge is -2.32. The third-order valence-corrected chi connectivity index (χ3v) is 8.93. The third-order valence-electron chi connectivity index (χ3n) is 6.40. The molecule has 13 heteroatoms. The maximum absolute atomic E-state index is 13.9. The highest BCUT2D eigenvalue weighted by atomic mass is 35.5. The molecule has 0 heterocycles. The fourth-order valence-electron chi connectivity index (χ4n) is 4.02. The summed E-state index contributed by atoms with van der Waals surface area (Å²) in [7, 11) is -4.53.